The monoisotopic (exact) mass is 253 g/mol. The number of aromatic carboxylic acids is 1. The number of aryl methyl sites for hydroxylation is 1. The zero-order valence-electron chi connectivity index (χ0n) is 10.2. The Hall–Kier alpha value is -2.69. The Kier molecular flexibility index (Phi) is 2.52. The molecular formula is C14H11N3O2. The predicted molar refractivity (Wildman–Crippen MR) is 70.1 cm³/mol. The molecule has 0 fully saturated rings. The number of rotatable bonds is 2. The highest BCUT2D eigenvalue weighted by Gasteiger charge is 2.12. The third kappa shape index (κ3) is 1.85. The van der Waals surface area contributed by atoms with Crippen molar-refractivity contribution in [2.24, 2.45) is 0 Å². The standard InChI is InChI=1S/C14H11N3O2/c1-9-11(12-4-2-3-5-15-12)6-10-7-13(14(18)19)16-8-17(9)10/h2-8H,1H3,(H,18,19). The van der Waals surface area contributed by atoms with E-state index in [2.05, 4.69) is 9.97 Å². The first-order valence-electron chi connectivity index (χ1n) is 5.79. The second-order valence-electron chi connectivity index (χ2n) is 4.23. The van der Waals surface area contributed by atoms with Gasteiger partial charge in [0, 0.05) is 23.0 Å². The molecule has 0 aromatic carbocycles. The van der Waals surface area contributed by atoms with E-state index in [0.717, 1.165) is 22.5 Å². The quantitative estimate of drug-likeness (QED) is 0.761. The van der Waals surface area contributed by atoms with Crippen LogP contribution in [-0.4, -0.2) is 25.4 Å². The first kappa shape index (κ1) is 11.4. The summed E-state index contributed by atoms with van der Waals surface area (Å²) in [7, 11) is 0. The summed E-state index contributed by atoms with van der Waals surface area (Å²) in [5, 5.41) is 8.95. The van der Waals surface area contributed by atoms with Crippen LogP contribution < -0.4 is 0 Å². The molecule has 3 aromatic heterocycles. The summed E-state index contributed by atoms with van der Waals surface area (Å²) in [4.78, 5) is 19.2. The summed E-state index contributed by atoms with van der Waals surface area (Å²) < 4.78 is 1.86. The van der Waals surface area contributed by atoms with Crippen LogP contribution in [0.2, 0.25) is 0 Å². The zero-order chi connectivity index (χ0) is 13.4. The highest BCUT2D eigenvalue weighted by Crippen LogP contribution is 2.25. The minimum absolute atomic E-state index is 0.0394. The highest BCUT2D eigenvalue weighted by molar-refractivity contribution is 5.87. The van der Waals surface area contributed by atoms with E-state index < -0.39 is 5.97 Å². The maximum absolute atomic E-state index is 10.9. The molecule has 5 heteroatoms. The van der Waals surface area contributed by atoms with Crippen LogP contribution in [-0.2, 0) is 0 Å². The van der Waals surface area contributed by atoms with Gasteiger partial charge in [0.25, 0.3) is 0 Å². The van der Waals surface area contributed by atoms with Gasteiger partial charge in [0.1, 0.15) is 6.33 Å². The van der Waals surface area contributed by atoms with Gasteiger partial charge in [0.2, 0.25) is 0 Å². The molecule has 0 bridgehead atoms. The van der Waals surface area contributed by atoms with E-state index in [0.29, 0.717) is 0 Å². The van der Waals surface area contributed by atoms with Crippen molar-refractivity contribution in [1.82, 2.24) is 14.4 Å². The molecule has 3 rings (SSSR count). The summed E-state index contributed by atoms with van der Waals surface area (Å²) in [5.41, 5.74) is 3.66. The maximum atomic E-state index is 10.9. The first-order valence-corrected chi connectivity index (χ1v) is 5.79. The van der Waals surface area contributed by atoms with E-state index in [9.17, 15) is 4.79 Å². The van der Waals surface area contributed by atoms with E-state index in [4.69, 9.17) is 5.11 Å². The number of aromatic nitrogens is 3. The summed E-state index contributed by atoms with van der Waals surface area (Å²) >= 11 is 0. The first-order chi connectivity index (χ1) is 9.16. The van der Waals surface area contributed by atoms with Crippen LogP contribution in [0.3, 0.4) is 0 Å². The Morgan fingerprint density at radius 2 is 2.11 bits per heavy atom. The minimum Gasteiger partial charge on any atom is -0.477 e. The van der Waals surface area contributed by atoms with E-state index in [1.54, 1.807) is 12.3 Å². The molecule has 19 heavy (non-hydrogen) atoms. The average Bonchev–Trinajstić information content (AvgIpc) is 2.76. The molecule has 0 aliphatic carbocycles. The smallest absolute Gasteiger partial charge is 0.354 e. The number of fused-ring (bicyclic) bond motifs is 1. The Morgan fingerprint density at radius 3 is 2.79 bits per heavy atom. The van der Waals surface area contributed by atoms with E-state index in [1.165, 1.54) is 6.33 Å². The number of carbonyl (C=O) groups is 1. The molecule has 3 aromatic rings. The molecule has 3 heterocycles. The van der Waals surface area contributed by atoms with Crippen LogP contribution in [0, 0.1) is 6.92 Å². The van der Waals surface area contributed by atoms with Crippen LogP contribution in [0.1, 0.15) is 16.2 Å². The van der Waals surface area contributed by atoms with Crippen molar-refractivity contribution in [1.29, 1.82) is 0 Å². The number of hydrogen-bond donors (Lipinski definition) is 1. The number of carboxylic acids is 1. The molecule has 0 aliphatic heterocycles. The molecule has 0 radical (unpaired) electrons. The Bertz CT molecular complexity index is 763. The van der Waals surface area contributed by atoms with Gasteiger partial charge in [0.05, 0.1) is 5.69 Å². The molecule has 1 N–H and O–H groups in total. The predicted octanol–water partition coefficient (Wildman–Crippen LogP) is 2.40. The normalized spacial score (nSPS) is 10.8. The maximum Gasteiger partial charge on any atom is 0.354 e. The number of hydrogen-bond acceptors (Lipinski definition) is 3. The molecule has 0 aliphatic rings. The van der Waals surface area contributed by atoms with Crippen molar-refractivity contribution in [2.45, 2.75) is 6.92 Å². The van der Waals surface area contributed by atoms with Gasteiger partial charge < -0.3 is 9.51 Å². The fraction of sp³-hybridized carbons (Fsp3) is 0.0714. The molecule has 0 spiro atoms. The van der Waals surface area contributed by atoms with Crippen molar-refractivity contribution < 1.29 is 9.90 Å². The minimum atomic E-state index is -1.03. The van der Waals surface area contributed by atoms with Gasteiger partial charge in [-0.2, -0.15) is 0 Å². The van der Waals surface area contributed by atoms with E-state index in [-0.39, 0.29) is 5.69 Å². The van der Waals surface area contributed by atoms with Gasteiger partial charge in [-0.05, 0) is 31.2 Å². The van der Waals surface area contributed by atoms with Crippen LogP contribution in [0.15, 0.2) is 42.9 Å². The molecular weight excluding hydrogens is 242 g/mol. The van der Waals surface area contributed by atoms with Gasteiger partial charge in [0.15, 0.2) is 5.69 Å². The Labute approximate surface area is 109 Å². The largest absolute Gasteiger partial charge is 0.477 e. The van der Waals surface area contributed by atoms with Crippen molar-refractivity contribution in [2.75, 3.05) is 0 Å². The zero-order valence-corrected chi connectivity index (χ0v) is 10.2. The topological polar surface area (TPSA) is 67.5 Å². The fourth-order valence-electron chi connectivity index (χ4n) is 2.11. The second-order valence-corrected chi connectivity index (χ2v) is 4.23. The molecule has 94 valence electrons. The molecule has 5 nitrogen and oxygen atoms in total. The second kappa shape index (κ2) is 4.20. The molecule has 0 amide bonds. The van der Waals surface area contributed by atoms with Crippen LogP contribution >= 0.6 is 0 Å². The third-order valence-electron chi connectivity index (χ3n) is 3.08. The van der Waals surface area contributed by atoms with Gasteiger partial charge in [-0.15, -0.1) is 0 Å². The lowest BCUT2D eigenvalue weighted by Crippen LogP contribution is -2.01. The molecule has 0 saturated carbocycles. The van der Waals surface area contributed by atoms with Crippen LogP contribution in [0.5, 0.6) is 0 Å². The SMILES string of the molecule is Cc1c(-c2ccccn2)cc2cc(C(=O)O)ncn12. The van der Waals surface area contributed by atoms with Crippen molar-refractivity contribution in [3.05, 3.63) is 54.2 Å². The van der Waals surface area contributed by atoms with E-state index >= 15 is 0 Å². The van der Waals surface area contributed by atoms with Crippen molar-refractivity contribution >= 4 is 11.5 Å². The van der Waals surface area contributed by atoms with Crippen molar-refractivity contribution in [3.63, 3.8) is 0 Å². The number of carboxylic acid groups (broad SMARTS) is 1. The lowest BCUT2D eigenvalue weighted by atomic mass is 10.1. The fourth-order valence-corrected chi connectivity index (χ4v) is 2.11. The van der Waals surface area contributed by atoms with Gasteiger partial charge in [-0.1, -0.05) is 6.07 Å². The van der Waals surface area contributed by atoms with Gasteiger partial charge in [-0.3, -0.25) is 4.98 Å². The molecule has 0 unspecified atom stereocenters. The number of pyridine rings is 1. The van der Waals surface area contributed by atoms with Crippen LogP contribution in [0.4, 0.5) is 0 Å². The average molecular weight is 253 g/mol. The third-order valence-corrected chi connectivity index (χ3v) is 3.08. The Balaban J connectivity index is 2.23. The molecule has 0 saturated heterocycles. The lowest BCUT2D eigenvalue weighted by Gasteiger charge is -2.00. The summed E-state index contributed by atoms with van der Waals surface area (Å²) in [6.45, 7) is 1.96. The summed E-state index contributed by atoms with van der Waals surface area (Å²) in [6.07, 6.45) is 3.26. The summed E-state index contributed by atoms with van der Waals surface area (Å²) in [6, 6.07) is 9.19. The van der Waals surface area contributed by atoms with Gasteiger partial charge in [-0.25, -0.2) is 9.78 Å². The van der Waals surface area contributed by atoms with Gasteiger partial charge >= 0.3 is 5.97 Å². The van der Waals surface area contributed by atoms with Crippen molar-refractivity contribution in [3.8, 4) is 11.3 Å². The number of nitrogens with zero attached hydrogens (tertiary/aromatic N) is 3. The lowest BCUT2D eigenvalue weighted by molar-refractivity contribution is 0.0690. The highest BCUT2D eigenvalue weighted by atomic mass is 16.4. The molecule has 0 atom stereocenters. The van der Waals surface area contributed by atoms with Crippen LogP contribution in [0.25, 0.3) is 16.8 Å². The summed E-state index contributed by atoms with van der Waals surface area (Å²) in [5.74, 6) is -1.03. The van der Waals surface area contributed by atoms with E-state index in [1.807, 2.05) is 35.6 Å². The Morgan fingerprint density at radius 1 is 1.26 bits per heavy atom.